The first-order valence-corrected chi connectivity index (χ1v) is 10.3. The van der Waals surface area contributed by atoms with Crippen LogP contribution in [0, 0.1) is 0 Å². The largest absolute Gasteiger partial charge is 0.486 e. The highest BCUT2D eigenvalue weighted by atomic mass is 16.6. The third kappa shape index (κ3) is 4.64. The van der Waals surface area contributed by atoms with Gasteiger partial charge in [0.05, 0.1) is 6.42 Å². The molecule has 1 saturated heterocycles. The Bertz CT molecular complexity index is 934. The number of piperidine rings is 1. The van der Waals surface area contributed by atoms with E-state index in [4.69, 9.17) is 9.47 Å². The first-order valence-electron chi connectivity index (χ1n) is 10.3. The number of para-hydroxylation sites is 2. The van der Waals surface area contributed by atoms with E-state index in [1.54, 1.807) is 0 Å². The maximum Gasteiger partial charge on any atom is 0.245 e. The summed E-state index contributed by atoms with van der Waals surface area (Å²) in [7, 11) is 0. The fourth-order valence-electron chi connectivity index (χ4n) is 4.02. The number of hydrogen-bond acceptors (Lipinski definition) is 4. The van der Waals surface area contributed by atoms with Crippen molar-refractivity contribution in [2.75, 3.05) is 25.0 Å². The molecule has 1 fully saturated rings. The molecule has 0 saturated carbocycles. The minimum absolute atomic E-state index is 0.00833. The number of nitrogens with zero attached hydrogens (tertiary/aromatic N) is 1. The van der Waals surface area contributed by atoms with Gasteiger partial charge in [-0.05, 0) is 54.7 Å². The Morgan fingerprint density at radius 2 is 1.87 bits per heavy atom. The van der Waals surface area contributed by atoms with E-state index in [2.05, 4.69) is 18.0 Å². The summed E-state index contributed by atoms with van der Waals surface area (Å²) >= 11 is 0. The van der Waals surface area contributed by atoms with Crippen LogP contribution in [0.4, 0.5) is 5.69 Å². The molecule has 0 radical (unpaired) electrons. The van der Waals surface area contributed by atoms with Crippen molar-refractivity contribution in [1.29, 1.82) is 0 Å². The Morgan fingerprint density at radius 3 is 2.63 bits per heavy atom. The highest BCUT2D eigenvalue weighted by Gasteiger charge is 2.24. The van der Waals surface area contributed by atoms with E-state index in [-0.39, 0.29) is 24.3 Å². The molecule has 6 heteroatoms. The lowest BCUT2D eigenvalue weighted by atomic mass is 9.89. The van der Waals surface area contributed by atoms with Gasteiger partial charge in [-0.1, -0.05) is 30.8 Å². The van der Waals surface area contributed by atoms with Crippen LogP contribution in [-0.4, -0.2) is 42.5 Å². The van der Waals surface area contributed by atoms with Crippen LogP contribution in [0.5, 0.6) is 11.5 Å². The van der Waals surface area contributed by atoms with Gasteiger partial charge in [0.25, 0.3) is 0 Å². The van der Waals surface area contributed by atoms with Gasteiger partial charge < -0.3 is 19.7 Å². The van der Waals surface area contributed by atoms with Gasteiger partial charge in [0.2, 0.25) is 11.8 Å². The third-order valence-electron chi connectivity index (χ3n) is 5.60. The molecule has 2 aliphatic heterocycles. The summed E-state index contributed by atoms with van der Waals surface area (Å²) in [6.07, 6.45) is 3.10. The second kappa shape index (κ2) is 9.03. The molecule has 0 bridgehead atoms. The molecule has 1 atom stereocenters. The minimum atomic E-state index is -0.310. The van der Waals surface area contributed by atoms with Gasteiger partial charge >= 0.3 is 0 Å². The molecule has 2 aromatic carbocycles. The second-order valence-electron chi connectivity index (χ2n) is 7.68. The van der Waals surface area contributed by atoms with Gasteiger partial charge in [-0.25, -0.2) is 0 Å². The van der Waals surface area contributed by atoms with Crippen LogP contribution in [-0.2, 0) is 9.59 Å². The Kier molecular flexibility index (Phi) is 6.02. The summed E-state index contributed by atoms with van der Waals surface area (Å²) in [4.78, 5) is 26.1. The van der Waals surface area contributed by atoms with E-state index in [9.17, 15) is 9.59 Å². The molecule has 1 unspecified atom stereocenters. The number of carbonyl (C=O) groups excluding carboxylic acids is 2. The smallest absolute Gasteiger partial charge is 0.245 e. The Labute approximate surface area is 176 Å². The third-order valence-corrected chi connectivity index (χ3v) is 5.60. The zero-order valence-corrected chi connectivity index (χ0v) is 16.9. The summed E-state index contributed by atoms with van der Waals surface area (Å²) < 4.78 is 11.6. The van der Waals surface area contributed by atoms with Crippen molar-refractivity contribution in [3.05, 3.63) is 66.7 Å². The Hall–Kier alpha value is -3.28. The quantitative estimate of drug-likeness (QED) is 0.768. The fourth-order valence-corrected chi connectivity index (χ4v) is 4.02. The fraction of sp³-hybridized carbons (Fsp3) is 0.333. The minimum Gasteiger partial charge on any atom is -0.486 e. The van der Waals surface area contributed by atoms with Crippen LogP contribution in [0.3, 0.4) is 0 Å². The van der Waals surface area contributed by atoms with E-state index in [0.29, 0.717) is 24.0 Å². The topological polar surface area (TPSA) is 67.9 Å². The predicted octanol–water partition coefficient (Wildman–Crippen LogP) is 3.75. The molecule has 2 aliphatic rings. The van der Waals surface area contributed by atoms with Crippen molar-refractivity contribution >= 4 is 17.5 Å². The van der Waals surface area contributed by atoms with Gasteiger partial charge in [0.15, 0.2) is 11.5 Å². The Morgan fingerprint density at radius 1 is 1.10 bits per heavy atom. The first kappa shape index (κ1) is 20.0. The molecule has 1 N–H and O–H groups in total. The Balaban J connectivity index is 1.32. The lowest BCUT2D eigenvalue weighted by Gasteiger charge is -2.31. The molecule has 30 heavy (non-hydrogen) atoms. The van der Waals surface area contributed by atoms with E-state index in [1.165, 1.54) is 11.6 Å². The first-order chi connectivity index (χ1) is 14.6. The number of ether oxygens (including phenoxy) is 2. The maximum absolute atomic E-state index is 12.5. The van der Waals surface area contributed by atoms with Crippen LogP contribution < -0.4 is 14.8 Å². The van der Waals surface area contributed by atoms with Gasteiger partial charge in [0, 0.05) is 18.8 Å². The molecule has 4 rings (SSSR count). The lowest BCUT2D eigenvalue weighted by Crippen LogP contribution is -2.36. The number of nitrogens with one attached hydrogen (secondary N) is 1. The van der Waals surface area contributed by atoms with E-state index >= 15 is 0 Å². The highest BCUT2D eigenvalue weighted by Crippen LogP contribution is 2.32. The lowest BCUT2D eigenvalue weighted by molar-refractivity contribution is -0.127. The van der Waals surface area contributed by atoms with E-state index < -0.39 is 0 Å². The summed E-state index contributed by atoms with van der Waals surface area (Å²) in [6, 6.07) is 15.4. The number of likely N-dealkylation sites (tertiary alicyclic amines) is 1. The molecule has 2 aromatic rings. The molecule has 2 amide bonds. The number of carbonyl (C=O) groups is 2. The van der Waals surface area contributed by atoms with Crippen molar-refractivity contribution in [1.82, 2.24) is 4.90 Å². The predicted molar refractivity (Wildman–Crippen MR) is 115 cm³/mol. The number of anilines is 1. The molecule has 2 heterocycles. The second-order valence-corrected chi connectivity index (χ2v) is 7.68. The van der Waals surface area contributed by atoms with Crippen LogP contribution in [0.25, 0.3) is 0 Å². The van der Waals surface area contributed by atoms with Crippen LogP contribution >= 0.6 is 0 Å². The number of hydrogen-bond donors (Lipinski definition) is 1. The van der Waals surface area contributed by atoms with E-state index in [1.807, 2.05) is 47.4 Å². The highest BCUT2D eigenvalue weighted by molar-refractivity contribution is 5.91. The molecule has 156 valence electrons. The summed E-state index contributed by atoms with van der Waals surface area (Å²) in [5.41, 5.74) is 1.96. The van der Waals surface area contributed by atoms with Crippen LogP contribution in [0.2, 0.25) is 0 Å². The van der Waals surface area contributed by atoms with Gasteiger partial charge in [-0.3, -0.25) is 9.59 Å². The molecular weight excluding hydrogens is 380 g/mol. The molecular formula is C24H26N2O4. The van der Waals surface area contributed by atoms with Gasteiger partial charge in [-0.2, -0.15) is 0 Å². The average Bonchev–Trinajstić information content (AvgIpc) is 2.78. The van der Waals surface area contributed by atoms with Crippen molar-refractivity contribution in [3.63, 3.8) is 0 Å². The average molecular weight is 406 g/mol. The van der Waals surface area contributed by atoms with Crippen LogP contribution in [0.15, 0.2) is 61.2 Å². The van der Waals surface area contributed by atoms with Crippen molar-refractivity contribution in [3.8, 4) is 11.5 Å². The van der Waals surface area contributed by atoms with Crippen molar-refractivity contribution < 1.29 is 19.1 Å². The summed E-state index contributed by atoms with van der Waals surface area (Å²) in [5.74, 6) is 1.65. The standard InChI is InChI=1S/C24H26N2O4/c1-2-24(28)26-12-10-17(11-13-26)18-6-5-7-19(14-18)25-23(27)15-20-16-29-21-8-3-4-9-22(21)30-20/h2-9,14,17,20H,1,10-13,15-16H2,(H,25,27). The SMILES string of the molecule is C=CC(=O)N1CCC(c2cccc(NC(=O)CC3COc4ccccc4O3)c2)CC1. The molecule has 0 aromatic heterocycles. The molecule has 6 nitrogen and oxygen atoms in total. The van der Waals surface area contributed by atoms with Crippen molar-refractivity contribution in [2.24, 2.45) is 0 Å². The zero-order valence-electron chi connectivity index (χ0n) is 16.9. The van der Waals surface area contributed by atoms with Crippen LogP contribution in [0.1, 0.15) is 30.7 Å². The van der Waals surface area contributed by atoms with Crippen molar-refractivity contribution in [2.45, 2.75) is 31.3 Å². The number of fused-ring (bicyclic) bond motifs is 1. The monoisotopic (exact) mass is 406 g/mol. The molecule has 0 spiro atoms. The number of amides is 2. The molecule has 0 aliphatic carbocycles. The van der Waals surface area contributed by atoms with Gasteiger partial charge in [0.1, 0.15) is 12.7 Å². The number of rotatable bonds is 5. The van der Waals surface area contributed by atoms with E-state index in [0.717, 1.165) is 31.6 Å². The zero-order chi connectivity index (χ0) is 20.9. The summed E-state index contributed by atoms with van der Waals surface area (Å²) in [6.45, 7) is 5.37. The van der Waals surface area contributed by atoms with Gasteiger partial charge in [-0.15, -0.1) is 0 Å². The maximum atomic E-state index is 12.5. The number of benzene rings is 2. The normalized spacial score (nSPS) is 18.5. The summed E-state index contributed by atoms with van der Waals surface area (Å²) in [5, 5.41) is 2.98.